The normalized spacial score (nSPS) is 10.7. The Morgan fingerprint density at radius 3 is 2.71 bits per heavy atom. The van der Waals surface area contributed by atoms with Crippen molar-refractivity contribution < 1.29 is 23.4 Å². The van der Waals surface area contributed by atoms with Gasteiger partial charge in [0.05, 0.1) is 24.5 Å². The van der Waals surface area contributed by atoms with Crippen LogP contribution in [0.15, 0.2) is 65.8 Å². The second-order valence-corrected chi connectivity index (χ2v) is 7.20. The zero-order valence-electron chi connectivity index (χ0n) is 18.1. The lowest BCUT2D eigenvalue weighted by Gasteiger charge is -2.13. The molecule has 0 bridgehead atoms. The molecule has 6 nitrogen and oxygen atoms in total. The molecule has 1 heterocycles. The van der Waals surface area contributed by atoms with Crippen LogP contribution in [0.2, 0.25) is 0 Å². The molecule has 0 N–H and O–H groups in total. The molecule has 0 radical (unpaired) electrons. The highest BCUT2D eigenvalue weighted by Gasteiger charge is 2.16. The minimum Gasteiger partial charge on any atom is -0.493 e. The van der Waals surface area contributed by atoms with E-state index in [0.717, 1.165) is 5.56 Å². The van der Waals surface area contributed by atoms with Crippen molar-refractivity contribution in [3.8, 4) is 28.7 Å². The Bertz CT molecular complexity index is 1040. The van der Waals surface area contributed by atoms with Gasteiger partial charge >= 0.3 is 0 Å². The number of ether oxygens (including phenoxy) is 3. The molecule has 0 aliphatic carbocycles. The third kappa shape index (κ3) is 5.75. The number of hydrogen-bond donors (Lipinski definition) is 0. The molecule has 6 heteroatoms. The van der Waals surface area contributed by atoms with E-state index in [1.54, 1.807) is 31.6 Å². The van der Waals surface area contributed by atoms with E-state index in [9.17, 15) is 4.79 Å². The first-order valence-corrected chi connectivity index (χ1v) is 10.2. The highest BCUT2D eigenvalue weighted by atomic mass is 16.5. The average Bonchev–Trinajstić information content (AvgIpc) is 3.25. The van der Waals surface area contributed by atoms with E-state index in [1.807, 2.05) is 44.2 Å². The number of nitrogens with zero attached hydrogens (tertiary/aromatic N) is 1. The lowest BCUT2D eigenvalue weighted by molar-refractivity contribution is 0.0976. The van der Waals surface area contributed by atoms with Gasteiger partial charge < -0.3 is 18.6 Å². The van der Waals surface area contributed by atoms with Crippen molar-refractivity contribution in [1.82, 2.24) is 4.98 Å². The van der Waals surface area contributed by atoms with E-state index in [0.29, 0.717) is 53.8 Å². The maximum atomic E-state index is 12.7. The number of methoxy groups -OCH3 is 1. The Hall–Kier alpha value is -3.54. The summed E-state index contributed by atoms with van der Waals surface area (Å²) in [6.07, 6.45) is 4.01. The molecule has 0 saturated heterocycles. The van der Waals surface area contributed by atoms with Crippen LogP contribution in [0, 0.1) is 0 Å². The van der Waals surface area contributed by atoms with Gasteiger partial charge in [0.2, 0.25) is 5.89 Å². The molecule has 0 aliphatic heterocycles. The number of aryl methyl sites for hydroxylation is 1. The Balaban J connectivity index is 1.70. The van der Waals surface area contributed by atoms with Gasteiger partial charge in [-0.2, -0.15) is 0 Å². The van der Waals surface area contributed by atoms with Crippen molar-refractivity contribution in [2.24, 2.45) is 0 Å². The molecule has 162 valence electrons. The van der Waals surface area contributed by atoms with Gasteiger partial charge in [-0.3, -0.25) is 4.79 Å². The summed E-state index contributed by atoms with van der Waals surface area (Å²) in [4.78, 5) is 17.3. The summed E-state index contributed by atoms with van der Waals surface area (Å²) < 4.78 is 22.4. The summed E-state index contributed by atoms with van der Waals surface area (Å²) in [5, 5.41) is 0. The first-order chi connectivity index (χ1) is 15.0. The van der Waals surface area contributed by atoms with Gasteiger partial charge in [-0.25, -0.2) is 4.98 Å². The fraction of sp³-hybridized carbons (Fsp3) is 0.280. The summed E-state index contributed by atoms with van der Waals surface area (Å²) in [6, 6.07) is 12.8. The van der Waals surface area contributed by atoms with E-state index < -0.39 is 0 Å². The smallest absolute Gasteiger partial charge is 0.226 e. The molecule has 0 unspecified atom stereocenters. The molecule has 0 atom stereocenters. The first-order valence-electron chi connectivity index (χ1n) is 10.2. The number of carbonyl (C=O) groups excluding carboxylic acids is 1. The number of carbonyl (C=O) groups is 1. The largest absolute Gasteiger partial charge is 0.493 e. The van der Waals surface area contributed by atoms with Crippen LogP contribution < -0.4 is 14.2 Å². The lowest BCUT2D eigenvalue weighted by Crippen LogP contribution is -2.10. The quantitative estimate of drug-likeness (QED) is 0.300. The number of aromatic nitrogens is 1. The Morgan fingerprint density at radius 1 is 1.16 bits per heavy atom. The van der Waals surface area contributed by atoms with Gasteiger partial charge in [0, 0.05) is 18.4 Å². The van der Waals surface area contributed by atoms with Crippen molar-refractivity contribution in [2.75, 3.05) is 13.7 Å². The SMILES string of the molecule is C=CCOc1cc(-c2nc(CCC(=O)c3ccccc3OC(C)C)co2)ccc1OC. The van der Waals surface area contributed by atoms with Crippen LogP contribution in [0.5, 0.6) is 17.2 Å². The van der Waals surface area contributed by atoms with Gasteiger partial charge in [-0.1, -0.05) is 24.8 Å². The predicted molar refractivity (Wildman–Crippen MR) is 119 cm³/mol. The van der Waals surface area contributed by atoms with Crippen LogP contribution in [0.3, 0.4) is 0 Å². The van der Waals surface area contributed by atoms with E-state index in [4.69, 9.17) is 18.6 Å². The van der Waals surface area contributed by atoms with Crippen molar-refractivity contribution in [3.63, 3.8) is 0 Å². The van der Waals surface area contributed by atoms with Crippen LogP contribution in [0.4, 0.5) is 0 Å². The van der Waals surface area contributed by atoms with Crippen LogP contribution in [0.1, 0.15) is 36.3 Å². The molecule has 1 aromatic heterocycles. The van der Waals surface area contributed by atoms with Gasteiger partial charge in [-0.05, 0) is 44.2 Å². The number of benzene rings is 2. The summed E-state index contributed by atoms with van der Waals surface area (Å²) in [6.45, 7) is 7.89. The van der Waals surface area contributed by atoms with Gasteiger partial charge in [0.25, 0.3) is 0 Å². The van der Waals surface area contributed by atoms with Gasteiger partial charge in [-0.15, -0.1) is 0 Å². The van der Waals surface area contributed by atoms with Crippen molar-refractivity contribution >= 4 is 5.78 Å². The van der Waals surface area contributed by atoms with E-state index in [2.05, 4.69) is 11.6 Å². The number of Topliss-reactive ketones (excluding diaryl/α,β-unsaturated/α-hetero) is 1. The Labute approximate surface area is 182 Å². The summed E-state index contributed by atoms with van der Waals surface area (Å²) in [5.74, 6) is 2.26. The zero-order chi connectivity index (χ0) is 22.2. The minimum atomic E-state index is -0.00287. The Morgan fingerprint density at radius 2 is 1.97 bits per heavy atom. The molecule has 31 heavy (non-hydrogen) atoms. The summed E-state index contributed by atoms with van der Waals surface area (Å²) in [5.41, 5.74) is 2.04. The molecule has 0 saturated carbocycles. The number of para-hydroxylation sites is 1. The van der Waals surface area contributed by atoms with Gasteiger partial charge in [0.15, 0.2) is 17.3 Å². The monoisotopic (exact) mass is 421 g/mol. The van der Waals surface area contributed by atoms with Crippen molar-refractivity contribution in [2.45, 2.75) is 32.8 Å². The molecular formula is C25H27NO5. The highest BCUT2D eigenvalue weighted by Crippen LogP contribution is 2.32. The second kappa shape index (κ2) is 10.5. The predicted octanol–water partition coefficient (Wildman–Crippen LogP) is 5.52. The number of ketones is 1. The maximum Gasteiger partial charge on any atom is 0.226 e. The highest BCUT2D eigenvalue weighted by molar-refractivity contribution is 5.98. The zero-order valence-corrected chi connectivity index (χ0v) is 18.1. The topological polar surface area (TPSA) is 70.8 Å². The fourth-order valence-electron chi connectivity index (χ4n) is 3.06. The standard InChI is InChI=1S/C25H27NO5/c1-5-14-29-24-15-18(10-13-23(24)28-4)25-26-19(16-30-25)11-12-21(27)20-8-6-7-9-22(20)31-17(2)3/h5-10,13,15-17H,1,11-12,14H2,2-4H3. The van der Waals surface area contributed by atoms with E-state index in [-0.39, 0.29) is 11.9 Å². The van der Waals surface area contributed by atoms with Crippen LogP contribution >= 0.6 is 0 Å². The third-order valence-electron chi connectivity index (χ3n) is 4.48. The van der Waals surface area contributed by atoms with Crippen LogP contribution in [-0.4, -0.2) is 30.6 Å². The number of hydrogen-bond acceptors (Lipinski definition) is 6. The summed E-state index contributed by atoms with van der Waals surface area (Å²) >= 11 is 0. The molecule has 0 amide bonds. The maximum absolute atomic E-state index is 12.7. The molecule has 0 fully saturated rings. The first kappa shape index (κ1) is 22.2. The lowest BCUT2D eigenvalue weighted by atomic mass is 10.0. The molecule has 3 aromatic rings. The van der Waals surface area contributed by atoms with Gasteiger partial charge in [0.1, 0.15) is 18.6 Å². The number of oxazole rings is 1. The number of rotatable bonds is 11. The molecule has 2 aromatic carbocycles. The Kier molecular flexibility index (Phi) is 7.49. The third-order valence-corrected chi connectivity index (χ3v) is 4.48. The molecule has 3 rings (SSSR count). The molecule has 0 spiro atoms. The average molecular weight is 421 g/mol. The second-order valence-electron chi connectivity index (χ2n) is 7.20. The molecular weight excluding hydrogens is 394 g/mol. The van der Waals surface area contributed by atoms with E-state index >= 15 is 0 Å². The minimum absolute atomic E-state index is 0.00287. The molecule has 0 aliphatic rings. The fourth-order valence-corrected chi connectivity index (χ4v) is 3.06. The van der Waals surface area contributed by atoms with E-state index in [1.165, 1.54) is 0 Å². The summed E-state index contributed by atoms with van der Waals surface area (Å²) in [7, 11) is 1.58. The van der Waals surface area contributed by atoms with Crippen LogP contribution in [0.25, 0.3) is 11.5 Å². The van der Waals surface area contributed by atoms with Crippen molar-refractivity contribution in [1.29, 1.82) is 0 Å². The van der Waals surface area contributed by atoms with Crippen LogP contribution in [-0.2, 0) is 6.42 Å². The van der Waals surface area contributed by atoms with Crippen molar-refractivity contribution in [3.05, 3.63) is 72.6 Å².